The fourth-order valence-corrected chi connectivity index (χ4v) is 2.21. The quantitative estimate of drug-likeness (QED) is 0.859. The molecule has 3 N–H and O–H groups in total. The van der Waals surface area contributed by atoms with Crippen LogP contribution in [-0.2, 0) is 4.79 Å². The minimum atomic E-state index is -4.75. The predicted octanol–water partition coefficient (Wildman–Crippen LogP) is 1.21. The Bertz CT molecular complexity index is 492. The molecule has 4 nitrogen and oxygen atoms in total. The first-order valence-electron chi connectivity index (χ1n) is 6.13. The van der Waals surface area contributed by atoms with Crippen molar-refractivity contribution < 1.29 is 23.1 Å². The van der Waals surface area contributed by atoms with Crippen molar-refractivity contribution in [3.05, 3.63) is 35.9 Å². The van der Waals surface area contributed by atoms with E-state index in [4.69, 9.17) is 5.73 Å². The molecule has 0 radical (unpaired) electrons. The second kappa shape index (κ2) is 5.06. The zero-order chi connectivity index (χ0) is 15.0. The number of β-amino-alcohol motifs (C(OH)–C–C–N with tert-alkyl or cyclic N) is 1. The standard InChI is InChI=1S/C13H15F3N2O2/c14-13(15,16)12(20)6-7-18(8-12)11(19)10(17)9-4-2-1-3-5-9/h1-5,10,20H,6-8,17H2. The SMILES string of the molecule is NC(C(=O)N1CCC(O)(C(F)(F)F)C1)c1ccccc1. The van der Waals surface area contributed by atoms with E-state index >= 15 is 0 Å². The highest BCUT2D eigenvalue weighted by molar-refractivity contribution is 5.83. The fraction of sp³-hybridized carbons (Fsp3) is 0.462. The van der Waals surface area contributed by atoms with Crippen molar-refractivity contribution in [2.24, 2.45) is 5.73 Å². The van der Waals surface area contributed by atoms with Gasteiger partial charge in [-0.15, -0.1) is 0 Å². The number of nitrogens with zero attached hydrogens (tertiary/aromatic N) is 1. The van der Waals surface area contributed by atoms with Crippen LogP contribution in [0.3, 0.4) is 0 Å². The number of halogens is 3. The summed E-state index contributed by atoms with van der Waals surface area (Å²) in [6.45, 7) is -0.925. The summed E-state index contributed by atoms with van der Waals surface area (Å²) in [6.07, 6.45) is -5.28. The van der Waals surface area contributed by atoms with Gasteiger partial charge < -0.3 is 15.7 Å². The van der Waals surface area contributed by atoms with Crippen molar-refractivity contribution in [1.29, 1.82) is 0 Å². The molecule has 0 saturated carbocycles. The summed E-state index contributed by atoms with van der Waals surface area (Å²) in [6, 6.07) is 7.38. The van der Waals surface area contributed by atoms with Crippen molar-refractivity contribution in [2.75, 3.05) is 13.1 Å². The van der Waals surface area contributed by atoms with Gasteiger partial charge in [-0.2, -0.15) is 13.2 Å². The van der Waals surface area contributed by atoms with Gasteiger partial charge in [0.2, 0.25) is 5.91 Å². The number of amides is 1. The molecule has 7 heteroatoms. The van der Waals surface area contributed by atoms with Crippen LogP contribution in [0, 0.1) is 0 Å². The molecule has 1 aliphatic heterocycles. The summed E-state index contributed by atoms with van der Waals surface area (Å²) in [7, 11) is 0. The average Bonchev–Trinajstić information content (AvgIpc) is 2.82. The number of carbonyl (C=O) groups excluding carboxylic acids is 1. The maximum atomic E-state index is 12.7. The number of carbonyl (C=O) groups is 1. The number of hydrogen-bond acceptors (Lipinski definition) is 3. The van der Waals surface area contributed by atoms with Gasteiger partial charge in [-0.25, -0.2) is 0 Å². The van der Waals surface area contributed by atoms with Gasteiger partial charge in [0.15, 0.2) is 5.60 Å². The van der Waals surface area contributed by atoms with Gasteiger partial charge in [0.25, 0.3) is 0 Å². The second-order valence-electron chi connectivity index (χ2n) is 4.93. The van der Waals surface area contributed by atoms with Crippen molar-refractivity contribution in [1.82, 2.24) is 4.90 Å². The van der Waals surface area contributed by atoms with Crippen LogP contribution in [0.25, 0.3) is 0 Å². The smallest absolute Gasteiger partial charge is 0.379 e. The van der Waals surface area contributed by atoms with Crippen LogP contribution in [-0.4, -0.2) is 40.8 Å². The van der Waals surface area contributed by atoms with E-state index in [1.165, 1.54) is 0 Å². The van der Waals surface area contributed by atoms with Crippen LogP contribution in [0.4, 0.5) is 13.2 Å². The topological polar surface area (TPSA) is 66.6 Å². The second-order valence-corrected chi connectivity index (χ2v) is 4.93. The Morgan fingerprint density at radius 2 is 1.95 bits per heavy atom. The molecule has 0 aromatic heterocycles. The average molecular weight is 288 g/mol. The van der Waals surface area contributed by atoms with Gasteiger partial charge in [-0.05, 0) is 5.56 Å². The number of aliphatic hydroxyl groups is 1. The summed E-state index contributed by atoms with van der Waals surface area (Å²) < 4.78 is 38.1. The van der Waals surface area contributed by atoms with Gasteiger partial charge in [-0.1, -0.05) is 30.3 Å². The Morgan fingerprint density at radius 1 is 1.35 bits per heavy atom. The molecule has 20 heavy (non-hydrogen) atoms. The third kappa shape index (κ3) is 2.64. The van der Waals surface area contributed by atoms with Crippen LogP contribution >= 0.6 is 0 Å². The zero-order valence-corrected chi connectivity index (χ0v) is 10.6. The Kier molecular flexibility index (Phi) is 3.75. The summed E-state index contributed by atoms with van der Waals surface area (Å²) >= 11 is 0. The van der Waals surface area contributed by atoms with Gasteiger partial charge >= 0.3 is 6.18 Å². The van der Waals surface area contributed by atoms with E-state index in [-0.39, 0.29) is 6.54 Å². The first-order valence-corrected chi connectivity index (χ1v) is 6.13. The summed E-state index contributed by atoms with van der Waals surface area (Å²) in [5, 5.41) is 9.54. The normalized spacial score (nSPS) is 24.8. The molecule has 110 valence electrons. The lowest BCUT2D eigenvalue weighted by Crippen LogP contribution is -2.48. The highest BCUT2D eigenvalue weighted by atomic mass is 19.4. The molecule has 1 aliphatic rings. The molecule has 0 spiro atoms. The lowest BCUT2D eigenvalue weighted by molar-refractivity contribution is -0.253. The monoisotopic (exact) mass is 288 g/mol. The minimum absolute atomic E-state index is 0.157. The molecule has 0 aliphatic carbocycles. The molecule has 2 atom stereocenters. The maximum Gasteiger partial charge on any atom is 0.419 e. The van der Waals surface area contributed by atoms with E-state index in [9.17, 15) is 23.1 Å². The molecular formula is C13H15F3N2O2. The number of alkyl halides is 3. The Balaban J connectivity index is 2.09. The Morgan fingerprint density at radius 3 is 2.45 bits per heavy atom. The number of rotatable bonds is 2. The van der Waals surface area contributed by atoms with Crippen molar-refractivity contribution >= 4 is 5.91 Å². The molecule has 0 bridgehead atoms. The summed E-state index contributed by atoms with van der Waals surface area (Å²) in [4.78, 5) is 13.0. The van der Waals surface area contributed by atoms with Gasteiger partial charge in [-0.3, -0.25) is 4.79 Å². The molecule has 2 rings (SSSR count). The number of benzene rings is 1. The molecule has 2 unspecified atom stereocenters. The van der Waals surface area contributed by atoms with Crippen molar-refractivity contribution in [2.45, 2.75) is 24.2 Å². The highest BCUT2D eigenvalue weighted by Crippen LogP contribution is 2.38. The van der Waals surface area contributed by atoms with Crippen LogP contribution in [0.15, 0.2) is 30.3 Å². The maximum absolute atomic E-state index is 12.7. The molecule has 1 fully saturated rings. The number of likely N-dealkylation sites (tertiary alicyclic amines) is 1. The molecular weight excluding hydrogens is 273 g/mol. The summed E-state index contributed by atoms with van der Waals surface area (Å²) in [5.74, 6) is -0.614. The minimum Gasteiger partial charge on any atom is -0.379 e. The van der Waals surface area contributed by atoms with Crippen LogP contribution in [0.5, 0.6) is 0 Å². The Labute approximate surface area is 114 Å². The number of hydrogen-bond donors (Lipinski definition) is 2. The van der Waals surface area contributed by atoms with E-state index < -0.39 is 36.7 Å². The van der Waals surface area contributed by atoms with Crippen molar-refractivity contribution in [3.8, 4) is 0 Å². The zero-order valence-electron chi connectivity index (χ0n) is 10.6. The van der Waals surface area contributed by atoms with Crippen LogP contribution < -0.4 is 5.73 Å². The molecule has 1 saturated heterocycles. The fourth-order valence-electron chi connectivity index (χ4n) is 2.21. The molecule has 1 aromatic rings. The van der Waals surface area contributed by atoms with E-state index in [0.717, 1.165) is 4.90 Å². The van der Waals surface area contributed by atoms with Gasteiger partial charge in [0, 0.05) is 13.0 Å². The van der Waals surface area contributed by atoms with E-state index in [0.29, 0.717) is 5.56 Å². The summed E-state index contributed by atoms with van der Waals surface area (Å²) in [5.41, 5.74) is 3.46. The van der Waals surface area contributed by atoms with Crippen LogP contribution in [0.1, 0.15) is 18.0 Å². The molecule has 1 aromatic carbocycles. The third-order valence-corrected chi connectivity index (χ3v) is 3.51. The molecule has 1 heterocycles. The van der Waals surface area contributed by atoms with Crippen LogP contribution in [0.2, 0.25) is 0 Å². The first kappa shape index (κ1) is 14.8. The molecule has 1 amide bonds. The number of nitrogens with two attached hydrogens (primary N) is 1. The van der Waals surface area contributed by atoms with E-state index in [2.05, 4.69) is 0 Å². The van der Waals surface area contributed by atoms with Gasteiger partial charge in [0.1, 0.15) is 6.04 Å². The third-order valence-electron chi connectivity index (χ3n) is 3.51. The van der Waals surface area contributed by atoms with E-state index in [1.54, 1.807) is 30.3 Å². The largest absolute Gasteiger partial charge is 0.419 e. The Hall–Kier alpha value is -1.60. The first-order chi connectivity index (χ1) is 9.24. The predicted molar refractivity (Wildman–Crippen MR) is 65.6 cm³/mol. The van der Waals surface area contributed by atoms with Gasteiger partial charge in [0.05, 0.1) is 6.54 Å². The lowest BCUT2D eigenvalue weighted by Gasteiger charge is -2.27. The lowest BCUT2D eigenvalue weighted by atomic mass is 10.0. The van der Waals surface area contributed by atoms with E-state index in [1.807, 2.05) is 0 Å². The van der Waals surface area contributed by atoms with Crippen molar-refractivity contribution in [3.63, 3.8) is 0 Å². The highest BCUT2D eigenvalue weighted by Gasteiger charge is 2.58.